The standard InChI is InChI=1S/C13H20N2O2/c1-10(7-8-16)15-13(17)12(9-14)11-5-3-2-4-6-11/h2-6,10,12,16H,7-9,14H2,1H3,(H,15,17). The molecule has 0 aliphatic rings. The quantitative estimate of drug-likeness (QED) is 0.677. The molecule has 2 unspecified atom stereocenters. The zero-order valence-corrected chi connectivity index (χ0v) is 10.1. The molecule has 1 rings (SSSR count). The summed E-state index contributed by atoms with van der Waals surface area (Å²) in [5, 5.41) is 11.6. The van der Waals surface area contributed by atoms with Crippen LogP contribution in [0, 0.1) is 0 Å². The highest BCUT2D eigenvalue weighted by atomic mass is 16.3. The fraction of sp³-hybridized carbons (Fsp3) is 0.462. The maximum absolute atomic E-state index is 12.0. The van der Waals surface area contributed by atoms with Crippen LogP contribution in [0.2, 0.25) is 0 Å². The van der Waals surface area contributed by atoms with E-state index in [1.54, 1.807) is 0 Å². The molecule has 0 bridgehead atoms. The average Bonchev–Trinajstić information content (AvgIpc) is 2.31. The Labute approximate surface area is 102 Å². The fourth-order valence-corrected chi connectivity index (χ4v) is 1.69. The molecule has 1 aromatic rings. The maximum Gasteiger partial charge on any atom is 0.229 e. The Hall–Kier alpha value is -1.39. The summed E-state index contributed by atoms with van der Waals surface area (Å²) < 4.78 is 0. The lowest BCUT2D eigenvalue weighted by Crippen LogP contribution is -2.39. The van der Waals surface area contributed by atoms with Crippen molar-refractivity contribution in [3.63, 3.8) is 0 Å². The van der Waals surface area contributed by atoms with Gasteiger partial charge in [-0.1, -0.05) is 30.3 Å². The number of aliphatic hydroxyl groups excluding tert-OH is 1. The lowest BCUT2D eigenvalue weighted by molar-refractivity contribution is -0.123. The van der Waals surface area contributed by atoms with E-state index < -0.39 is 0 Å². The van der Waals surface area contributed by atoms with Crippen molar-refractivity contribution < 1.29 is 9.90 Å². The van der Waals surface area contributed by atoms with Crippen LogP contribution in [0.15, 0.2) is 30.3 Å². The van der Waals surface area contributed by atoms with Gasteiger partial charge in [0.15, 0.2) is 0 Å². The first-order chi connectivity index (χ1) is 8.19. The molecule has 1 amide bonds. The zero-order chi connectivity index (χ0) is 12.7. The molecule has 0 saturated carbocycles. The summed E-state index contributed by atoms with van der Waals surface area (Å²) in [6.45, 7) is 2.22. The van der Waals surface area contributed by atoms with Crippen LogP contribution >= 0.6 is 0 Å². The Kier molecular flexibility index (Phi) is 5.66. The van der Waals surface area contributed by atoms with Gasteiger partial charge in [0.2, 0.25) is 5.91 Å². The highest BCUT2D eigenvalue weighted by Gasteiger charge is 2.19. The first kappa shape index (κ1) is 13.7. The number of nitrogens with one attached hydrogen (secondary N) is 1. The number of hydrogen-bond acceptors (Lipinski definition) is 3. The first-order valence-electron chi connectivity index (χ1n) is 5.85. The Balaban J connectivity index is 2.65. The molecule has 2 atom stereocenters. The minimum atomic E-state index is -0.322. The summed E-state index contributed by atoms with van der Waals surface area (Å²) in [4.78, 5) is 12.0. The Morgan fingerprint density at radius 2 is 2.06 bits per heavy atom. The molecule has 94 valence electrons. The van der Waals surface area contributed by atoms with Crippen molar-refractivity contribution in [3.05, 3.63) is 35.9 Å². The molecule has 0 spiro atoms. The van der Waals surface area contributed by atoms with Crippen molar-refractivity contribution in [2.45, 2.75) is 25.3 Å². The number of aliphatic hydroxyl groups is 1. The van der Waals surface area contributed by atoms with Crippen LogP contribution in [-0.4, -0.2) is 30.2 Å². The molecule has 4 heteroatoms. The number of nitrogens with two attached hydrogens (primary N) is 1. The van der Waals surface area contributed by atoms with E-state index in [1.807, 2.05) is 37.3 Å². The minimum absolute atomic E-state index is 0.0368. The third kappa shape index (κ3) is 4.17. The molecule has 0 fully saturated rings. The van der Waals surface area contributed by atoms with E-state index in [9.17, 15) is 4.79 Å². The molecule has 0 aliphatic carbocycles. The SMILES string of the molecule is CC(CCO)NC(=O)C(CN)c1ccccc1. The Morgan fingerprint density at radius 1 is 1.41 bits per heavy atom. The van der Waals surface area contributed by atoms with Crippen molar-refractivity contribution in [2.75, 3.05) is 13.2 Å². The van der Waals surface area contributed by atoms with Gasteiger partial charge in [-0.15, -0.1) is 0 Å². The fourth-order valence-electron chi connectivity index (χ4n) is 1.69. The number of benzene rings is 1. The van der Waals surface area contributed by atoms with Crippen LogP contribution in [0.4, 0.5) is 0 Å². The number of hydrogen-bond donors (Lipinski definition) is 3. The van der Waals surface area contributed by atoms with Gasteiger partial charge in [0, 0.05) is 19.2 Å². The van der Waals surface area contributed by atoms with Gasteiger partial charge in [-0.3, -0.25) is 4.79 Å². The largest absolute Gasteiger partial charge is 0.396 e. The third-order valence-electron chi connectivity index (χ3n) is 2.70. The molecule has 4 N–H and O–H groups in total. The zero-order valence-electron chi connectivity index (χ0n) is 10.1. The number of rotatable bonds is 6. The van der Waals surface area contributed by atoms with Crippen LogP contribution in [-0.2, 0) is 4.79 Å². The van der Waals surface area contributed by atoms with Crippen LogP contribution in [0.5, 0.6) is 0 Å². The highest BCUT2D eigenvalue weighted by Crippen LogP contribution is 2.14. The first-order valence-corrected chi connectivity index (χ1v) is 5.85. The monoisotopic (exact) mass is 236 g/mol. The molecule has 4 nitrogen and oxygen atoms in total. The topological polar surface area (TPSA) is 75.3 Å². The van der Waals surface area contributed by atoms with E-state index in [4.69, 9.17) is 10.8 Å². The summed E-state index contributed by atoms with van der Waals surface area (Å²) in [5.74, 6) is -0.406. The summed E-state index contributed by atoms with van der Waals surface area (Å²) in [7, 11) is 0. The van der Waals surface area contributed by atoms with Gasteiger partial charge in [-0.25, -0.2) is 0 Å². The van der Waals surface area contributed by atoms with Crippen LogP contribution in [0.25, 0.3) is 0 Å². The average molecular weight is 236 g/mol. The van der Waals surface area contributed by atoms with E-state index in [0.29, 0.717) is 6.42 Å². The Morgan fingerprint density at radius 3 is 2.59 bits per heavy atom. The van der Waals surface area contributed by atoms with Crippen molar-refractivity contribution >= 4 is 5.91 Å². The molecular weight excluding hydrogens is 216 g/mol. The lowest BCUT2D eigenvalue weighted by atomic mass is 9.98. The van der Waals surface area contributed by atoms with Gasteiger partial charge in [-0.05, 0) is 18.9 Å². The Bertz CT molecular complexity index is 341. The van der Waals surface area contributed by atoms with Crippen molar-refractivity contribution in [2.24, 2.45) is 5.73 Å². The number of carbonyl (C=O) groups is 1. The summed E-state index contributed by atoms with van der Waals surface area (Å²) in [6, 6.07) is 9.45. The maximum atomic E-state index is 12.0. The predicted octanol–water partition coefficient (Wildman–Crippen LogP) is 0.616. The lowest BCUT2D eigenvalue weighted by Gasteiger charge is -2.18. The number of amides is 1. The van der Waals surface area contributed by atoms with Gasteiger partial charge < -0.3 is 16.2 Å². The molecule has 1 aromatic carbocycles. The van der Waals surface area contributed by atoms with Crippen LogP contribution in [0.1, 0.15) is 24.8 Å². The normalized spacial score (nSPS) is 14.1. The van der Waals surface area contributed by atoms with E-state index >= 15 is 0 Å². The van der Waals surface area contributed by atoms with E-state index in [2.05, 4.69) is 5.32 Å². The summed E-state index contributed by atoms with van der Waals surface area (Å²) >= 11 is 0. The van der Waals surface area contributed by atoms with Gasteiger partial charge >= 0.3 is 0 Å². The molecular formula is C13H20N2O2. The second-order valence-corrected chi connectivity index (χ2v) is 4.12. The van der Waals surface area contributed by atoms with Crippen LogP contribution < -0.4 is 11.1 Å². The van der Waals surface area contributed by atoms with Crippen LogP contribution in [0.3, 0.4) is 0 Å². The summed E-state index contributed by atoms with van der Waals surface area (Å²) in [5.41, 5.74) is 6.57. The second-order valence-electron chi connectivity index (χ2n) is 4.12. The molecule has 0 aliphatic heterocycles. The van der Waals surface area contributed by atoms with E-state index in [1.165, 1.54) is 0 Å². The molecule has 0 aromatic heterocycles. The summed E-state index contributed by atoms with van der Waals surface area (Å²) in [6.07, 6.45) is 0.553. The van der Waals surface area contributed by atoms with Gasteiger partial charge in [-0.2, -0.15) is 0 Å². The van der Waals surface area contributed by atoms with Gasteiger partial charge in [0.1, 0.15) is 0 Å². The number of carbonyl (C=O) groups excluding carboxylic acids is 1. The van der Waals surface area contributed by atoms with Gasteiger partial charge in [0.25, 0.3) is 0 Å². The molecule has 17 heavy (non-hydrogen) atoms. The van der Waals surface area contributed by atoms with Gasteiger partial charge in [0.05, 0.1) is 5.92 Å². The van der Waals surface area contributed by atoms with E-state index in [0.717, 1.165) is 5.56 Å². The highest BCUT2D eigenvalue weighted by molar-refractivity contribution is 5.84. The van der Waals surface area contributed by atoms with Crippen molar-refractivity contribution in [1.82, 2.24) is 5.32 Å². The smallest absolute Gasteiger partial charge is 0.229 e. The molecule has 0 radical (unpaired) electrons. The third-order valence-corrected chi connectivity index (χ3v) is 2.70. The molecule has 0 heterocycles. The van der Waals surface area contributed by atoms with E-state index in [-0.39, 0.29) is 31.0 Å². The predicted molar refractivity (Wildman–Crippen MR) is 67.5 cm³/mol. The second kappa shape index (κ2) is 7.04. The molecule has 0 saturated heterocycles. The van der Waals surface area contributed by atoms with Crippen molar-refractivity contribution in [3.8, 4) is 0 Å². The van der Waals surface area contributed by atoms with Crippen molar-refractivity contribution in [1.29, 1.82) is 0 Å². The minimum Gasteiger partial charge on any atom is -0.396 e.